The summed E-state index contributed by atoms with van der Waals surface area (Å²) in [5.74, 6) is 0.00833. The highest BCUT2D eigenvalue weighted by molar-refractivity contribution is 5.96. The molecule has 0 fully saturated rings. The van der Waals surface area contributed by atoms with Crippen molar-refractivity contribution in [1.82, 2.24) is 0 Å². The lowest BCUT2D eigenvalue weighted by atomic mass is 9.98. The summed E-state index contributed by atoms with van der Waals surface area (Å²) in [5.41, 5.74) is 3.08. The number of carbonyl (C=O) groups excluding carboxylic acids is 1. The van der Waals surface area contributed by atoms with E-state index in [4.69, 9.17) is 5.26 Å². The Morgan fingerprint density at radius 1 is 1.31 bits per heavy atom. The van der Waals surface area contributed by atoms with Gasteiger partial charge in [0.05, 0.1) is 11.6 Å². The molecule has 0 aliphatic rings. The molecule has 0 unspecified atom stereocenters. The van der Waals surface area contributed by atoms with Crippen molar-refractivity contribution in [2.75, 3.05) is 0 Å². The van der Waals surface area contributed by atoms with Crippen LogP contribution in [0.1, 0.15) is 34.0 Å². The molecular formula is C11H11NO. The monoisotopic (exact) mass is 173 g/mol. The first kappa shape index (κ1) is 9.47. The van der Waals surface area contributed by atoms with E-state index in [1.54, 1.807) is 6.07 Å². The second kappa shape index (κ2) is 3.40. The Balaban J connectivity index is 3.41. The highest BCUT2D eigenvalue weighted by Crippen LogP contribution is 2.15. The Bertz CT molecular complexity index is 399. The zero-order chi connectivity index (χ0) is 10.0. The number of hydrogen-bond donors (Lipinski definition) is 0. The van der Waals surface area contributed by atoms with Crippen molar-refractivity contribution in [3.8, 4) is 6.07 Å². The van der Waals surface area contributed by atoms with Crippen LogP contribution in [-0.2, 0) is 0 Å². The molecule has 0 saturated carbocycles. The maximum absolute atomic E-state index is 11.1. The molecule has 0 N–H and O–H groups in total. The number of aryl methyl sites for hydroxylation is 2. The average molecular weight is 173 g/mol. The third-order valence-corrected chi connectivity index (χ3v) is 2.07. The molecule has 66 valence electrons. The third kappa shape index (κ3) is 1.75. The minimum Gasteiger partial charge on any atom is -0.295 e. The van der Waals surface area contributed by atoms with Crippen LogP contribution >= 0.6 is 0 Å². The van der Waals surface area contributed by atoms with Crippen molar-refractivity contribution >= 4 is 5.78 Å². The van der Waals surface area contributed by atoms with E-state index < -0.39 is 0 Å². The van der Waals surface area contributed by atoms with Gasteiger partial charge in [0.15, 0.2) is 5.78 Å². The van der Waals surface area contributed by atoms with Gasteiger partial charge in [-0.15, -0.1) is 0 Å². The number of benzene rings is 1. The number of Topliss-reactive ketones (excluding diaryl/α,β-unsaturated/α-hetero) is 1. The van der Waals surface area contributed by atoms with Gasteiger partial charge in [-0.25, -0.2) is 0 Å². The van der Waals surface area contributed by atoms with Gasteiger partial charge >= 0.3 is 0 Å². The van der Waals surface area contributed by atoms with Crippen molar-refractivity contribution in [1.29, 1.82) is 5.26 Å². The van der Waals surface area contributed by atoms with Crippen LogP contribution in [-0.4, -0.2) is 5.78 Å². The molecular weight excluding hydrogens is 162 g/mol. The second-order valence-corrected chi connectivity index (χ2v) is 3.15. The highest BCUT2D eigenvalue weighted by Gasteiger charge is 2.07. The number of hydrogen-bond acceptors (Lipinski definition) is 2. The Hall–Kier alpha value is -1.62. The zero-order valence-corrected chi connectivity index (χ0v) is 8.01. The first-order chi connectivity index (χ1) is 6.06. The van der Waals surface area contributed by atoms with Crippen LogP contribution in [0.3, 0.4) is 0 Å². The molecule has 0 radical (unpaired) electrons. The lowest BCUT2D eigenvalue weighted by molar-refractivity contribution is 0.101. The van der Waals surface area contributed by atoms with Gasteiger partial charge in [-0.05, 0) is 38.0 Å². The van der Waals surface area contributed by atoms with Crippen molar-refractivity contribution in [3.05, 3.63) is 34.4 Å². The van der Waals surface area contributed by atoms with Gasteiger partial charge in [-0.1, -0.05) is 6.07 Å². The van der Waals surface area contributed by atoms with Gasteiger partial charge < -0.3 is 0 Å². The van der Waals surface area contributed by atoms with Crippen LogP contribution in [0, 0.1) is 25.2 Å². The topological polar surface area (TPSA) is 40.9 Å². The predicted molar refractivity (Wildman–Crippen MR) is 50.6 cm³/mol. The van der Waals surface area contributed by atoms with Crippen LogP contribution in [0.5, 0.6) is 0 Å². The summed E-state index contributed by atoms with van der Waals surface area (Å²) >= 11 is 0. The number of ketones is 1. The lowest BCUT2D eigenvalue weighted by Crippen LogP contribution is -1.98. The molecule has 0 saturated heterocycles. The van der Waals surface area contributed by atoms with Gasteiger partial charge in [-0.2, -0.15) is 5.26 Å². The van der Waals surface area contributed by atoms with Crippen LogP contribution in [0.25, 0.3) is 0 Å². The van der Waals surface area contributed by atoms with Gasteiger partial charge in [0.2, 0.25) is 0 Å². The van der Waals surface area contributed by atoms with Crippen molar-refractivity contribution < 1.29 is 4.79 Å². The molecule has 0 bridgehead atoms. The fourth-order valence-corrected chi connectivity index (χ4v) is 1.35. The van der Waals surface area contributed by atoms with Gasteiger partial charge in [-0.3, -0.25) is 4.79 Å². The van der Waals surface area contributed by atoms with E-state index in [0.29, 0.717) is 11.1 Å². The summed E-state index contributed by atoms with van der Waals surface area (Å²) in [5, 5.41) is 8.75. The molecule has 0 spiro atoms. The quantitative estimate of drug-likeness (QED) is 0.612. The summed E-state index contributed by atoms with van der Waals surface area (Å²) < 4.78 is 0. The van der Waals surface area contributed by atoms with Crippen molar-refractivity contribution in [2.45, 2.75) is 20.8 Å². The normalized spacial score (nSPS) is 9.38. The minimum absolute atomic E-state index is 0.00833. The minimum atomic E-state index is 0.00833. The van der Waals surface area contributed by atoms with Crippen LogP contribution in [0.2, 0.25) is 0 Å². The summed E-state index contributed by atoms with van der Waals surface area (Å²) in [6.07, 6.45) is 0. The Morgan fingerprint density at radius 2 is 1.92 bits per heavy atom. The van der Waals surface area contributed by atoms with Crippen molar-refractivity contribution in [3.63, 3.8) is 0 Å². The number of carbonyl (C=O) groups is 1. The summed E-state index contributed by atoms with van der Waals surface area (Å²) in [6.45, 7) is 5.26. The molecule has 0 heterocycles. The van der Waals surface area contributed by atoms with Crippen LogP contribution in [0.4, 0.5) is 0 Å². The van der Waals surface area contributed by atoms with Crippen molar-refractivity contribution in [2.24, 2.45) is 0 Å². The van der Waals surface area contributed by atoms with E-state index in [0.717, 1.165) is 11.1 Å². The molecule has 1 aromatic carbocycles. The molecule has 0 aromatic heterocycles. The molecule has 0 atom stereocenters. The van der Waals surface area contributed by atoms with Gasteiger partial charge in [0.1, 0.15) is 0 Å². The van der Waals surface area contributed by atoms with E-state index in [1.807, 2.05) is 19.9 Å². The Kier molecular flexibility index (Phi) is 2.48. The lowest BCUT2D eigenvalue weighted by Gasteiger charge is -2.04. The second-order valence-electron chi connectivity index (χ2n) is 3.15. The molecule has 1 aromatic rings. The predicted octanol–water partition coefficient (Wildman–Crippen LogP) is 2.38. The van der Waals surface area contributed by atoms with Gasteiger partial charge in [0.25, 0.3) is 0 Å². The number of rotatable bonds is 1. The van der Waals surface area contributed by atoms with Gasteiger partial charge in [0, 0.05) is 5.56 Å². The highest BCUT2D eigenvalue weighted by atomic mass is 16.1. The fraction of sp³-hybridized carbons (Fsp3) is 0.273. The smallest absolute Gasteiger partial charge is 0.160 e. The zero-order valence-electron chi connectivity index (χ0n) is 8.01. The SMILES string of the molecule is CC(=O)c1cc(C#N)c(C)cc1C. The molecule has 1 rings (SSSR count). The fourth-order valence-electron chi connectivity index (χ4n) is 1.35. The standard InChI is InChI=1S/C11H11NO/c1-7-4-8(2)11(9(3)13)5-10(7)6-12/h4-5H,1-3H3. The number of nitrogens with zero attached hydrogens (tertiary/aromatic N) is 1. The number of nitriles is 1. The van der Waals surface area contributed by atoms with E-state index in [-0.39, 0.29) is 5.78 Å². The molecule has 0 aliphatic heterocycles. The summed E-state index contributed by atoms with van der Waals surface area (Å²) in [4.78, 5) is 11.1. The van der Waals surface area contributed by atoms with Crippen LogP contribution in [0.15, 0.2) is 12.1 Å². The summed E-state index contributed by atoms with van der Waals surface area (Å²) in [6, 6.07) is 5.60. The molecule has 0 amide bonds. The maximum Gasteiger partial charge on any atom is 0.160 e. The first-order valence-electron chi connectivity index (χ1n) is 4.08. The van der Waals surface area contributed by atoms with E-state index in [2.05, 4.69) is 6.07 Å². The maximum atomic E-state index is 11.1. The first-order valence-corrected chi connectivity index (χ1v) is 4.08. The Labute approximate surface area is 77.8 Å². The largest absolute Gasteiger partial charge is 0.295 e. The molecule has 0 aliphatic carbocycles. The van der Waals surface area contributed by atoms with E-state index in [9.17, 15) is 4.79 Å². The average Bonchev–Trinajstić information content (AvgIpc) is 2.03. The molecule has 2 nitrogen and oxygen atoms in total. The van der Waals surface area contributed by atoms with E-state index in [1.165, 1.54) is 6.92 Å². The van der Waals surface area contributed by atoms with E-state index >= 15 is 0 Å². The van der Waals surface area contributed by atoms with Crippen LogP contribution < -0.4 is 0 Å². The molecule has 13 heavy (non-hydrogen) atoms. The third-order valence-electron chi connectivity index (χ3n) is 2.07. The summed E-state index contributed by atoms with van der Waals surface area (Å²) in [7, 11) is 0. The molecule has 2 heteroatoms. The Morgan fingerprint density at radius 3 is 2.38 bits per heavy atom.